The Morgan fingerprint density at radius 1 is 1.25 bits per heavy atom. The predicted molar refractivity (Wildman–Crippen MR) is 111 cm³/mol. The molecule has 0 unspecified atom stereocenters. The van der Waals surface area contributed by atoms with Crippen molar-refractivity contribution in [2.24, 2.45) is 5.10 Å². The maximum atomic E-state index is 13.4. The first kappa shape index (κ1) is 21.8. The minimum absolute atomic E-state index is 0.0284. The second-order valence-electron chi connectivity index (χ2n) is 6.92. The lowest BCUT2D eigenvalue weighted by molar-refractivity contribution is -0.274. The fraction of sp³-hybridized carbons (Fsp3) is 0.190. The Morgan fingerprint density at radius 3 is 2.69 bits per heavy atom. The van der Waals surface area contributed by atoms with Crippen molar-refractivity contribution in [1.29, 1.82) is 0 Å². The second-order valence-corrected chi connectivity index (χ2v) is 7.75. The fourth-order valence-corrected chi connectivity index (χ4v) is 3.81. The van der Waals surface area contributed by atoms with Crippen LogP contribution in [-0.2, 0) is 0 Å². The SMILES string of the molecule is O=C(O)c1cc(F)ccc1C=NN(c1nc(-c2ccccc2OC(F)(F)F)cs1)C1CC1. The summed E-state index contributed by atoms with van der Waals surface area (Å²) in [6.45, 7) is 0. The summed E-state index contributed by atoms with van der Waals surface area (Å²) < 4.78 is 55.7. The molecular formula is C21H15F4N3O3S. The number of carbonyl (C=O) groups is 1. The topological polar surface area (TPSA) is 75.0 Å². The summed E-state index contributed by atoms with van der Waals surface area (Å²) in [6.07, 6.45) is -1.87. The van der Waals surface area contributed by atoms with Crippen molar-refractivity contribution >= 4 is 28.7 Å². The van der Waals surface area contributed by atoms with E-state index in [0.717, 1.165) is 25.0 Å². The van der Waals surface area contributed by atoms with Gasteiger partial charge in [-0.3, -0.25) is 0 Å². The van der Waals surface area contributed by atoms with E-state index in [1.165, 1.54) is 41.8 Å². The molecule has 166 valence electrons. The number of benzene rings is 2. The first-order valence-electron chi connectivity index (χ1n) is 9.38. The molecular weight excluding hydrogens is 450 g/mol. The number of halogens is 4. The lowest BCUT2D eigenvalue weighted by Crippen LogP contribution is -2.19. The normalized spacial score (nSPS) is 14.0. The van der Waals surface area contributed by atoms with Crippen molar-refractivity contribution in [2.75, 3.05) is 5.01 Å². The van der Waals surface area contributed by atoms with E-state index < -0.39 is 18.1 Å². The van der Waals surface area contributed by atoms with Crippen molar-refractivity contribution in [3.8, 4) is 17.0 Å². The summed E-state index contributed by atoms with van der Waals surface area (Å²) in [5.41, 5.74) is 0.449. The number of aromatic carboxylic acids is 1. The molecule has 2 aromatic carbocycles. The van der Waals surface area contributed by atoms with Gasteiger partial charge in [0.15, 0.2) is 0 Å². The molecule has 1 aliphatic rings. The largest absolute Gasteiger partial charge is 0.573 e. The van der Waals surface area contributed by atoms with Crippen molar-refractivity contribution in [3.05, 3.63) is 64.8 Å². The maximum Gasteiger partial charge on any atom is 0.573 e. The predicted octanol–water partition coefficient (Wildman–Crippen LogP) is 5.55. The standard InChI is InChI=1S/C21H15F4N3O3S/c22-13-6-5-12(16(9-13)19(29)30)10-26-28(14-7-8-14)20-27-17(11-32-20)15-3-1-2-4-18(15)31-21(23,24)25/h1-6,9-11,14H,7-8H2,(H,29,30). The molecule has 32 heavy (non-hydrogen) atoms. The number of hydrazone groups is 1. The highest BCUT2D eigenvalue weighted by Gasteiger charge is 2.33. The Kier molecular flexibility index (Phi) is 5.83. The third-order valence-corrected chi connectivity index (χ3v) is 5.37. The van der Waals surface area contributed by atoms with E-state index in [1.54, 1.807) is 16.5 Å². The number of anilines is 1. The molecule has 0 amide bonds. The molecule has 4 rings (SSSR count). The highest BCUT2D eigenvalue weighted by atomic mass is 32.1. The lowest BCUT2D eigenvalue weighted by Gasteiger charge is -2.15. The van der Waals surface area contributed by atoms with E-state index in [1.807, 2.05) is 0 Å². The molecule has 0 spiro atoms. The van der Waals surface area contributed by atoms with Gasteiger partial charge in [0.05, 0.1) is 23.5 Å². The summed E-state index contributed by atoms with van der Waals surface area (Å²) in [4.78, 5) is 15.8. The summed E-state index contributed by atoms with van der Waals surface area (Å²) in [6, 6.07) is 9.07. The molecule has 0 bridgehead atoms. The number of nitrogens with zero attached hydrogens (tertiary/aromatic N) is 3. The zero-order valence-corrected chi connectivity index (χ0v) is 17.0. The number of hydrogen-bond acceptors (Lipinski definition) is 6. The fourth-order valence-electron chi connectivity index (χ4n) is 2.95. The maximum absolute atomic E-state index is 13.4. The monoisotopic (exact) mass is 465 g/mol. The number of aromatic nitrogens is 1. The highest BCUT2D eigenvalue weighted by molar-refractivity contribution is 7.14. The van der Waals surface area contributed by atoms with Gasteiger partial charge < -0.3 is 9.84 Å². The molecule has 1 saturated carbocycles. The van der Waals surface area contributed by atoms with Gasteiger partial charge in [0.1, 0.15) is 11.6 Å². The Bertz CT molecular complexity index is 1180. The minimum Gasteiger partial charge on any atom is -0.478 e. The van der Waals surface area contributed by atoms with Gasteiger partial charge in [-0.25, -0.2) is 19.2 Å². The van der Waals surface area contributed by atoms with Crippen molar-refractivity contribution in [2.45, 2.75) is 25.2 Å². The number of para-hydroxylation sites is 1. The van der Waals surface area contributed by atoms with Gasteiger partial charge in [-0.15, -0.1) is 24.5 Å². The average molecular weight is 465 g/mol. The van der Waals surface area contributed by atoms with Crippen LogP contribution in [0, 0.1) is 5.82 Å². The molecule has 11 heteroatoms. The van der Waals surface area contributed by atoms with Crippen LogP contribution in [0.1, 0.15) is 28.8 Å². The Balaban J connectivity index is 1.63. The van der Waals surface area contributed by atoms with Crippen LogP contribution in [0.25, 0.3) is 11.3 Å². The van der Waals surface area contributed by atoms with E-state index in [-0.39, 0.29) is 28.5 Å². The van der Waals surface area contributed by atoms with Gasteiger partial charge in [-0.05, 0) is 43.2 Å². The lowest BCUT2D eigenvalue weighted by atomic mass is 10.1. The average Bonchev–Trinajstić information content (AvgIpc) is 3.45. The molecule has 1 heterocycles. The van der Waals surface area contributed by atoms with Crippen molar-refractivity contribution in [1.82, 2.24) is 4.98 Å². The van der Waals surface area contributed by atoms with Crippen LogP contribution in [0.3, 0.4) is 0 Å². The van der Waals surface area contributed by atoms with Gasteiger partial charge in [0.25, 0.3) is 0 Å². The summed E-state index contributed by atoms with van der Waals surface area (Å²) >= 11 is 1.18. The molecule has 1 aliphatic carbocycles. The van der Waals surface area contributed by atoms with Crippen LogP contribution >= 0.6 is 11.3 Å². The number of carboxylic acids is 1. The van der Waals surface area contributed by atoms with Crippen molar-refractivity contribution < 1.29 is 32.2 Å². The molecule has 0 radical (unpaired) electrons. The molecule has 0 saturated heterocycles. The second kappa shape index (κ2) is 8.58. The van der Waals surface area contributed by atoms with E-state index in [0.29, 0.717) is 10.8 Å². The highest BCUT2D eigenvalue weighted by Crippen LogP contribution is 2.39. The first-order valence-corrected chi connectivity index (χ1v) is 10.3. The van der Waals surface area contributed by atoms with Crippen LogP contribution in [0.2, 0.25) is 0 Å². The molecule has 1 fully saturated rings. The van der Waals surface area contributed by atoms with Gasteiger partial charge in [-0.1, -0.05) is 12.1 Å². The third kappa shape index (κ3) is 5.05. The van der Waals surface area contributed by atoms with E-state index in [9.17, 15) is 27.5 Å². The van der Waals surface area contributed by atoms with Crippen LogP contribution in [0.4, 0.5) is 22.7 Å². The smallest absolute Gasteiger partial charge is 0.478 e. The number of alkyl halides is 3. The quantitative estimate of drug-likeness (QED) is 0.281. The number of carboxylic acid groups (broad SMARTS) is 1. The molecule has 0 aliphatic heterocycles. The van der Waals surface area contributed by atoms with Crippen LogP contribution in [0.5, 0.6) is 5.75 Å². The Morgan fingerprint density at radius 2 is 2.00 bits per heavy atom. The number of rotatable bonds is 7. The molecule has 1 aromatic heterocycles. The Hall–Kier alpha value is -3.47. The van der Waals surface area contributed by atoms with E-state index in [4.69, 9.17) is 0 Å². The summed E-state index contributed by atoms with van der Waals surface area (Å²) in [5, 5.41) is 17.3. The molecule has 3 aromatic rings. The molecule has 6 nitrogen and oxygen atoms in total. The molecule has 1 N–H and O–H groups in total. The van der Waals surface area contributed by atoms with E-state index >= 15 is 0 Å². The van der Waals surface area contributed by atoms with Gasteiger partial charge in [0, 0.05) is 16.5 Å². The van der Waals surface area contributed by atoms with Crippen LogP contribution in [0.15, 0.2) is 52.9 Å². The third-order valence-electron chi connectivity index (χ3n) is 4.54. The summed E-state index contributed by atoms with van der Waals surface area (Å²) in [7, 11) is 0. The van der Waals surface area contributed by atoms with E-state index in [2.05, 4.69) is 14.8 Å². The zero-order chi connectivity index (χ0) is 22.9. The van der Waals surface area contributed by atoms with Gasteiger partial charge in [-0.2, -0.15) is 5.10 Å². The van der Waals surface area contributed by atoms with Crippen LogP contribution < -0.4 is 9.75 Å². The first-order chi connectivity index (χ1) is 15.2. The number of thiazole rings is 1. The van der Waals surface area contributed by atoms with Gasteiger partial charge >= 0.3 is 12.3 Å². The van der Waals surface area contributed by atoms with Gasteiger partial charge in [0.2, 0.25) is 5.13 Å². The number of ether oxygens (including phenoxy) is 1. The minimum atomic E-state index is -4.84. The summed E-state index contributed by atoms with van der Waals surface area (Å²) in [5.74, 6) is -2.33. The number of hydrogen-bond donors (Lipinski definition) is 1. The zero-order valence-electron chi connectivity index (χ0n) is 16.2. The van der Waals surface area contributed by atoms with Crippen LogP contribution in [-0.4, -0.2) is 34.7 Å². The molecule has 0 atom stereocenters. The Labute approximate surface area is 183 Å². The van der Waals surface area contributed by atoms with Crippen molar-refractivity contribution in [3.63, 3.8) is 0 Å².